The van der Waals surface area contributed by atoms with Gasteiger partial charge in [0.05, 0.1) is 28.4 Å². The van der Waals surface area contributed by atoms with Gasteiger partial charge in [-0.1, -0.05) is 31.5 Å². The van der Waals surface area contributed by atoms with Crippen molar-refractivity contribution in [2.45, 2.75) is 70.4 Å². The first-order valence-corrected chi connectivity index (χ1v) is 15.4. The molecular weight excluding hydrogens is 570 g/mol. The molecule has 1 fully saturated rings. The summed E-state index contributed by atoms with van der Waals surface area (Å²) in [4.78, 5) is 68.7. The van der Waals surface area contributed by atoms with E-state index in [0.717, 1.165) is 48.1 Å². The van der Waals surface area contributed by atoms with Crippen LogP contribution < -0.4 is 10.6 Å². The Morgan fingerprint density at radius 2 is 1.84 bits per heavy atom. The van der Waals surface area contributed by atoms with Crippen LogP contribution in [0.2, 0.25) is 0 Å². The highest BCUT2D eigenvalue weighted by molar-refractivity contribution is 7.19. The van der Waals surface area contributed by atoms with Crippen molar-refractivity contribution in [2.75, 3.05) is 20.3 Å². The van der Waals surface area contributed by atoms with Crippen LogP contribution in [0.25, 0.3) is 21.3 Å². The number of amides is 2. The van der Waals surface area contributed by atoms with E-state index in [-0.39, 0.29) is 36.0 Å². The first-order valence-electron chi connectivity index (χ1n) is 14.5. The number of ketones is 2. The number of hydrogen-bond donors (Lipinski definition) is 2. The van der Waals surface area contributed by atoms with Gasteiger partial charge < -0.3 is 20.1 Å². The van der Waals surface area contributed by atoms with Crippen LogP contribution in [0.15, 0.2) is 42.5 Å². The molecule has 1 aliphatic rings. The molecule has 43 heavy (non-hydrogen) atoms. The molecule has 0 bridgehead atoms. The van der Waals surface area contributed by atoms with Crippen LogP contribution in [-0.2, 0) is 28.7 Å². The van der Waals surface area contributed by atoms with Crippen LogP contribution in [0.4, 0.5) is 0 Å². The topological polar surface area (TPSA) is 141 Å². The second-order valence-electron chi connectivity index (χ2n) is 10.7. The maximum atomic E-state index is 13.3. The van der Waals surface area contributed by atoms with Gasteiger partial charge in [0, 0.05) is 26.2 Å². The molecule has 228 valence electrons. The van der Waals surface area contributed by atoms with Gasteiger partial charge in [-0.05, 0) is 68.0 Å². The van der Waals surface area contributed by atoms with Gasteiger partial charge in [0.1, 0.15) is 5.01 Å². The maximum absolute atomic E-state index is 13.3. The van der Waals surface area contributed by atoms with Gasteiger partial charge in [-0.25, -0.2) is 9.78 Å². The van der Waals surface area contributed by atoms with Crippen LogP contribution in [0.5, 0.6) is 0 Å². The number of aromatic nitrogens is 1. The number of thiazole rings is 1. The predicted octanol–water partition coefficient (Wildman–Crippen LogP) is 4.35. The van der Waals surface area contributed by atoms with Crippen molar-refractivity contribution < 1.29 is 33.4 Å². The molecule has 11 heteroatoms. The summed E-state index contributed by atoms with van der Waals surface area (Å²) in [6.45, 7) is 3.90. The molecule has 0 spiro atoms. The van der Waals surface area contributed by atoms with E-state index in [4.69, 9.17) is 9.47 Å². The lowest BCUT2D eigenvalue weighted by molar-refractivity contribution is -0.141. The number of carbonyl (C=O) groups excluding carboxylic acids is 5. The number of hydrogen-bond acceptors (Lipinski definition) is 9. The molecule has 4 rings (SSSR count). The molecule has 1 heterocycles. The maximum Gasteiger partial charge on any atom is 0.338 e. The Bertz CT molecular complexity index is 1500. The smallest absolute Gasteiger partial charge is 0.338 e. The van der Waals surface area contributed by atoms with Gasteiger partial charge in [-0.3, -0.25) is 19.2 Å². The fourth-order valence-electron chi connectivity index (χ4n) is 4.57. The van der Waals surface area contributed by atoms with Gasteiger partial charge in [0.2, 0.25) is 17.6 Å². The van der Waals surface area contributed by atoms with Crippen molar-refractivity contribution in [3.05, 3.63) is 53.0 Å². The lowest BCUT2D eigenvalue weighted by Crippen LogP contribution is -2.42. The van der Waals surface area contributed by atoms with Crippen molar-refractivity contribution in [1.82, 2.24) is 15.6 Å². The Morgan fingerprint density at radius 1 is 1.07 bits per heavy atom. The van der Waals surface area contributed by atoms with Gasteiger partial charge in [0.15, 0.2) is 11.7 Å². The predicted molar refractivity (Wildman–Crippen MR) is 163 cm³/mol. The molecule has 1 saturated carbocycles. The first-order chi connectivity index (χ1) is 20.7. The number of rotatable bonds is 16. The summed E-state index contributed by atoms with van der Waals surface area (Å²) in [6.07, 6.45) is 3.58. The van der Waals surface area contributed by atoms with Crippen molar-refractivity contribution in [3.63, 3.8) is 0 Å². The number of fused-ring (bicyclic) bond motifs is 1. The third-order valence-electron chi connectivity index (χ3n) is 7.00. The summed E-state index contributed by atoms with van der Waals surface area (Å²) in [5.41, 5.74) is 2.51. The Labute approximate surface area is 254 Å². The van der Waals surface area contributed by atoms with Crippen LogP contribution >= 0.6 is 11.3 Å². The van der Waals surface area contributed by atoms with Crippen molar-refractivity contribution in [1.29, 1.82) is 0 Å². The Kier molecular flexibility index (Phi) is 11.1. The highest BCUT2D eigenvalue weighted by Crippen LogP contribution is 2.32. The van der Waals surface area contributed by atoms with Crippen molar-refractivity contribution >= 4 is 50.9 Å². The zero-order valence-corrected chi connectivity index (χ0v) is 25.5. The molecule has 0 saturated heterocycles. The SMILES string of the molecule is CCCC(C)OC(=O)c1cccc(-c2ccc3sc(C(C(=O)NCC(=O)NC4CC4)C(=O)C(=O)CCCOC)nc3c2)c1. The molecular formula is C32H37N3O7S. The highest BCUT2D eigenvalue weighted by atomic mass is 32.1. The van der Waals surface area contributed by atoms with E-state index in [0.29, 0.717) is 28.8 Å². The molecule has 2 aromatic carbocycles. The number of nitrogens with one attached hydrogen (secondary N) is 2. The van der Waals surface area contributed by atoms with Gasteiger partial charge in [-0.2, -0.15) is 0 Å². The zero-order chi connectivity index (χ0) is 30.9. The van der Waals surface area contributed by atoms with Crippen LogP contribution in [-0.4, -0.2) is 66.7 Å². The summed E-state index contributed by atoms with van der Waals surface area (Å²) in [5, 5.41) is 5.46. The number of Topliss-reactive ketones (excluding diaryl/α,β-unsaturated/α-hetero) is 2. The van der Waals surface area contributed by atoms with E-state index in [2.05, 4.69) is 15.6 Å². The average Bonchev–Trinajstić information content (AvgIpc) is 3.71. The molecule has 1 aromatic heterocycles. The minimum atomic E-state index is -1.48. The molecule has 2 amide bonds. The van der Waals surface area contributed by atoms with Gasteiger partial charge in [0.25, 0.3) is 0 Å². The Balaban J connectivity index is 1.57. The van der Waals surface area contributed by atoms with E-state index in [1.54, 1.807) is 18.2 Å². The van der Waals surface area contributed by atoms with Crippen LogP contribution in [0.3, 0.4) is 0 Å². The van der Waals surface area contributed by atoms with E-state index in [1.165, 1.54) is 7.11 Å². The molecule has 10 nitrogen and oxygen atoms in total. The largest absolute Gasteiger partial charge is 0.459 e. The van der Waals surface area contributed by atoms with E-state index >= 15 is 0 Å². The first kappa shape index (κ1) is 32.0. The van der Waals surface area contributed by atoms with Crippen molar-refractivity contribution in [3.8, 4) is 11.1 Å². The number of carbonyl (C=O) groups is 5. The zero-order valence-electron chi connectivity index (χ0n) is 24.6. The lowest BCUT2D eigenvalue weighted by atomic mass is 9.98. The summed E-state index contributed by atoms with van der Waals surface area (Å²) in [6, 6.07) is 12.7. The summed E-state index contributed by atoms with van der Waals surface area (Å²) >= 11 is 1.14. The lowest BCUT2D eigenvalue weighted by Gasteiger charge is -2.13. The number of benzene rings is 2. The molecule has 2 unspecified atom stereocenters. The third kappa shape index (κ3) is 8.77. The highest BCUT2D eigenvalue weighted by Gasteiger charge is 2.36. The fourth-order valence-corrected chi connectivity index (χ4v) is 5.62. The van der Waals surface area contributed by atoms with E-state index < -0.39 is 29.4 Å². The second kappa shape index (κ2) is 15.0. The van der Waals surface area contributed by atoms with Gasteiger partial charge >= 0.3 is 5.97 Å². The third-order valence-corrected chi connectivity index (χ3v) is 8.10. The van der Waals surface area contributed by atoms with E-state index in [9.17, 15) is 24.0 Å². The molecule has 2 N–H and O–H groups in total. The van der Waals surface area contributed by atoms with Crippen LogP contribution in [0, 0.1) is 0 Å². The standard InChI is InChI=1S/C32H37N3O7S/c1-4-7-19(2)42-32(40)22-9-5-8-20(16-22)21-11-14-26-24(17-21)35-31(43-26)28(29(38)25(36)10-6-15-41-3)30(39)33-18-27(37)34-23-12-13-23/h5,8-9,11,14,16-17,19,23,28H,4,6-7,10,12-13,15,18H2,1-3H3,(H,33,39)(H,34,37). The van der Waals surface area contributed by atoms with Crippen molar-refractivity contribution in [2.24, 2.45) is 0 Å². The van der Waals surface area contributed by atoms with Crippen LogP contribution in [0.1, 0.15) is 73.7 Å². The summed E-state index contributed by atoms with van der Waals surface area (Å²) in [7, 11) is 1.50. The van der Waals surface area contributed by atoms with Gasteiger partial charge in [-0.15, -0.1) is 11.3 Å². The summed E-state index contributed by atoms with van der Waals surface area (Å²) in [5.74, 6) is -4.55. The monoisotopic (exact) mass is 607 g/mol. The quantitative estimate of drug-likeness (QED) is 0.106. The molecule has 2 atom stereocenters. The minimum absolute atomic E-state index is 0.0658. The molecule has 0 aliphatic heterocycles. The number of esters is 1. The Hall–Kier alpha value is -3.96. The molecule has 0 radical (unpaired) electrons. The van der Waals surface area contributed by atoms with E-state index in [1.807, 2.05) is 38.1 Å². The number of methoxy groups -OCH3 is 1. The number of ether oxygens (including phenoxy) is 2. The number of nitrogens with zero attached hydrogens (tertiary/aromatic N) is 1. The second-order valence-corrected chi connectivity index (χ2v) is 11.8. The molecule has 1 aliphatic carbocycles. The minimum Gasteiger partial charge on any atom is -0.459 e. The average molecular weight is 608 g/mol. The Morgan fingerprint density at radius 3 is 2.56 bits per heavy atom. The molecule has 3 aromatic rings. The summed E-state index contributed by atoms with van der Waals surface area (Å²) < 4.78 is 11.2. The fraction of sp³-hybridized carbons (Fsp3) is 0.438. The normalized spacial score (nSPS) is 14.1.